The van der Waals surface area contributed by atoms with E-state index in [4.69, 9.17) is 4.74 Å². The number of thioether (sulfide) groups is 1. The molecule has 2 N–H and O–H groups in total. The zero-order chi connectivity index (χ0) is 17.4. The fraction of sp³-hybridized carbons (Fsp3) is 0.438. The van der Waals surface area contributed by atoms with Gasteiger partial charge in [-0.05, 0) is 23.6 Å². The van der Waals surface area contributed by atoms with Gasteiger partial charge in [0.2, 0.25) is 11.0 Å². The van der Waals surface area contributed by atoms with Crippen LogP contribution in [0.4, 0.5) is 10.8 Å². The molecule has 0 unspecified atom stereocenters. The van der Waals surface area contributed by atoms with Gasteiger partial charge in [0.25, 0.3) is 0 Å². The summed E-state index contributed by atoms with van der Waals surface area (Å²) in [5, 5.41) is 14.8. The highest BCUT2D eigenvalue weighted by atomic mass is 32.2. The van der Waals surface area contributed by atoms with Crippen molar-refractivity contribution in [3.8, 4) is 0 Å². The molecule has 0 bridgehead atoms. The van der Waals surface area contributed by atoms with Gasteiger partial charge in [-0.25, -0.2) is 0 Å². The van der Waals surface area contributed by atoms with Gasteiger partial charge in [0.1, 0.15) is 0 Å². The smallest absolute Gasteiger partial charge is 0.234 e. The molecule has 0 spiro atoms. The number of carbonyl (C=O) groups excluding carboxylic acids is 1. The molecule has 0 saturated heterocycles. The largest absolute Gasteiger partial charge is 0.383 e. The second-order valence-corrected chi connectivity index (χ2v) is 7.61. The van der Waals surface area contributed by atoms with Crippen molar-refractivity contribution in [2.75, 3.05) is 36.6 Å². The van der Waals surface area contributed by atoms with Crippen LogP contribution in [0.3, 0.4) is 0 Å². The molecular weight excluding hydrogens is 344 g/mol. The minimum atomic E-state index is -0.0543. The summed E-state index contributed by atoms with van der Waals surface area (Å²) < 4.78 is 5.73. The minimum absolute atomic E-state index is 0.0543. The van der Waals surface area contributed by atoms with E-state index >= 15 is 0 Å². The second-order valence-electron chi connectivity index (χ2n) is 5.41. The first kappa shape index (κ1) is 18.7. The van der Waals surface area contributed by atoms with Gasteiger partial charge in [-0.1, -0.05) is 49.1 Å². The molecule has 1 aromatic heterocycles. The number of benzene rings is 1. The maximum atomic E-state index is 12.0. The summed E-state index contributed by atoms with van der Waals surface area (Å²) in [7, 11) is 1.65. The summed E-state index contributed by atoms with van der Waals surface area (Å²) in [5.41, 5.74) is 2.06. The van der Waals surface area contributed by atoms with Crippen LogP contribution in [-0.2, 0) is 9.53 Å². The van der Waals surface area contributed by atoms with Gasteiger partial charge in [-0.3, -0.25) is 4.79 Å². The molecule has 0 aliphatic rings. The molecule has 0 aliphatic heterocycles. The molecule has 1 aromatic carbocycles. The Bertz CT molecular complexity index is 644. The number of aromatic nitrogens is 2. The summed E-state index contributed by atoms with van der Waals surface area (Å²) >= 11 is 2.81. The Kier molecular flexibility index (Phi) is 7.48. The Morgan fingerprint density at radius 2 is 2.04 bits per heavy atom. The number of anilines is 2. The first-order chi connectivity index (χ1) is 11.6. The van der Waals surface area contributed by atoms with Crippen molar-refractivity contribution in [1.29, 1.82) is 0 Å². The van der Waals surface area contributed by atoms with Crippen LogP contribution in [0.25, 0.3) is 0 Å². The lowest BCUT2D eigenvalue weighted by molar-refractivity contribution is -0.113. The third-order valence-electron chi connectivity index (χ3n) is 3.18. The molecule has 130 valence electrons. The number of rotatable bonds is 9. The number of ether oxygens (including phenoxy) is 1. The number of methoxy groups -OCH3 is 1. The van der Waals surface area contributed by atoms with Gasteiger partial charge in [0.15, 0.2) is 4.34 Å². The molecule has 0 saturated carbocycles. The predicted octanol–water partition coefficient (Wildman–Crippen LogP) is 3.45. The molecule has 0 atom stereocenters. The Morgan fingerprint density at radius 1 is 1.29 bits per heavy atom. The highest BCUT2D eigenvalue weighted by Crippen LogP contribution is 2.25. The zero-order valence-corrected chi connectivity index (χ0v) is 15.7. The third kappa shape index (κ3) is 6.10. The van der Waals surface area contributed by atoms with Crippen LogP contribution in [0.5, 0.6) is 0 Å². The number of amides is 1. The summed E-state index contributed by atoms with van der Waals surface area (Å²) in [6.07, 6.45) is 0. The maximum absolute atomic E-state index is 12.0. The average Bonchev–Trinajstić information content (AvgIpc) is 3.02. The normalized spacial score (nSPS) is 10.8. The summed E-state index contributed by atoms with van der Waals surface area (Å²) in [5.74, 6) is 0.731. The number of carbonyl (C=O) groups is 1. The zero-order valence-electron chi connectivity index (χ0n) is 14.0. The standard InChI is InChI=1S/C16H22N4O2S2/c1-11(2)12-4-6-13(7-5-12)18-14(21)10-23-16-20-19-15(24-16)17-8-9-22-3/h4-7,11H,8-10H2,1-3H3,(H,17,19)(H,18,21). The van der Waals surface area contributed by atoms with E-state index in [2.05, 4.69) is 34.7 Å². The molecule has 24 heavy (non-hydrogen) atoms. The van der Waals surface area contributed by atoms with Crippen LogP contribution in [0, 0.1) is 0 Å². The predicted molar refractivity (Wildman–Crippen MR) is 100 cm³/mol. The molecule has 8 heteroatoms. The van der Waals surface area contributed by atoms with Crippen molar-refractivity contribution in [3.63, 3.8) is 0 Å². The quantitative estimate of drug-likeness (QED) is 0.523. The van der Waals surface area contributed by atoms with Gasteiger partial charge >= 0.3 is 0 Å². The number of hydrogen-bond acceptors (Lipinski definition) is 7. The van der Waals surface area contributed by atoms with Crippen LogP contribution in [0.2, 0.25) is 0 Å². The van der Waals surface area contributed by atoms with E-state index in [1.807, 2.05) is 24.3 Å². The molecule has 0 radical (unpaired) electrons. The highest BCUT2D eigenvalue weighted by Gasteiger charge is 2.08. The summed E-state index contributed by atoms with van der Waals surface area (Å²) in [4.78, 5) is 12.0. The van der Waals surface area contributed by atoms with Crippen molar-refractivity contribution >= 4 is 39.8 Å². The van der Waals surface area contributed by atoms with Crippen LogP contribution in [0.15, 0.2) is 28.6 Å². The van der Waals surface area contributed by atoms with Crippen molar-refractivity contribution in [1.82, 2.24) is 10.2 Å². The van der Waals surface area contributed by atoms with Crippen molar-refractivity contribution < 1.29 is 9.53 Å². The second kappa shape index (κ2) is 9.61. The average molecular weight is 367 g/mol. The van der Waals surface area contributed by atoms with Crippen molar-refractivity contribution in [2.24, 2.45) is 0 Å². The fourth-order valence-corrected chi connectivity index (χ4v) is 3.45. The van der Waals surface area contributed by atoms with Crippen LogP contribution >= 0.6 is 23.1 Å². The van der Waals surface area contributed by atoms with Crippen molar-refractivity contribution in [2.45, 2.75) is 24.1 Å². The van der Waals surface area contributed by atoms with Crippen LogP contribution in [-0.4, -0.2) is 42.1 Å². The Morgan fingerprint density at radius 3 is 2.71 bits per heavy atom. The summed E-state index contributed by atoms with van der Waals surface area (Å²) in [6, 6.07) is 7.94. The molecule has 2 aromatic rings. The van der Waals surface area contributed by atoms with E-state index in [1.54, 1.807) is 7.11 Å². The van der Waals surface area contributed by atoms with E-state index in [1.165, 1.54) is 28.7 Å². The lowest BCUT2D eigenvalue weighted by atomic mass is 10.0. The van der Waals surface area contributed by atoms with Gasteiger partial charge in [-0.2, -0.15) is 0 Å². The van der Waals surface area contributed by atoms with E-state index < -0.39 is 0 Å². The number of nitrogens with zero attached hydrogens (tertiary/aromatic N) is 2. The van der Waals surface area contributed by atoms with E-state index in [9.17, 15) is 4.79 Å². The van der Waals surface area contributed by atoms with Gasteiger partial charge in [0.05, 0.1) is 12.4 Å². The lowest BCUT2D eigenvalue weighted by Crippen LogP contribution is -2.13. The topological polar surface area (TPSA) is 76.1 Å². The first-order valence-corrected chi connectivity index (χ1v) is 9.47. The van der Waals surface area contributed by atoms with Crippen LogP contribution in [0.1, 0.15) is 25.3 Å². The van der Waals surface area contributed by atoms with Gasteiger partial charge in [-0.15, -0.1) is 10.2 Å². The number of nitrogens with one attached hydrogen (secondary N) is 2. The van der Waals surface area contributed by atoms with E-state index in [-0.39, 0.29) is 5.91 Å². The molecule has 1 heterocycles. The molecule has 2 rings (SSSR count). The van der Waals surface area contributed by atoms with Gasteiger partial charge in [0, 0.05) is 19.3 Å². The fourth-order valence-electron chi connectivity index (χ4n) is 1.88. The Labute approximate surface area is 150 Å². The highest BCUT2D eigenvalue weighted by molar-refractivity contribution is 8.01. The maximum Gasteiger partial charge on any atom is 0.234 e. The minimum Gasteiger partial charge on any atom is -0.383 e. The summed E-state index contributed by atoms with van der Waals surface area (Å²) in [6.45, 7) is 5.58. The monoisotopic (exact) mass is 366 g/mol. The molecular formula is C16H22N4O2S2. The molecule has 1 amide bonds. The van der Waals surface area contributed by atoms with Gasteiger partial charge < -0.3 is 15.4 Å². The number of hydrogen-bond donors (Lipinski definition) is 2. The molecule has 6 nitrogen and oxygen atoms in total. The Balaban J connectivity index is 1.76. The third-order valence-corrected chi connectivity index (χ3v) is 5.19. The Hall–Kier alpha value is -1.64. The van der Waals surface area contributed by atoms with Crippen molar-refractivity contribution in [3.05, 3.63) is 29.8 Å². The lowest BCUT2D eigenvalue weighted by Gasteiger charge is -2.08. The molecule has 0 fully saturated rings. The SMILES string of the molecule is COCCNc1nnc(SCC(=O)Nc2ccc(C(C)C)cc2)s1. The van der Waals surface area contributed by atoms with E-state index in [0.717, 1.165) is 15.2 Å². The van der Waals surface area contributed by atoms with Crippen LogP contribution < -0.4 is 10.6 Å². The van der Waals surface area contributed by atoms with E-state index in [0.29, 0.717) is 24.8 Å². The first-order valence-electron chi connectivity index (χ1n) is 7.67. The molecule has 0 aliphatic carbocycles.